The molecule has 1 unspecified atom stereocenters. The summed E-state index contributed by atoms with van der Waals surface area (Å²) in [6.07, 6.45) is 0. The molecule has 1 aliphatic heterocycles. The first-order valence-electron chi connectivity index (χ1n) is 5.22. The zero-order valence-electron chi connectivity index (χ0n) is 9.11. The second-order valence-corrected chi connectivity index (χ2v) is 4.25. The Kier molecular flexibility index (Phi) is 3.33. The van der Waals surface area contributed by atoms with E-state index in [9.17, 15) is 0 Å². The normalized spacial score (nSPS) is 20.6. The van der Waals surface area contributed by atoms with Gasteiger partial charge < -0.3 is 9.64 Å². The van der Waals surface area contributed by atoms with E-state index in [0.29, 0.717) is 13.2 Å². The minimum atomic E-state index is -0.215. The average molecular weight is 237 g/mol. The van der Waals surface area contributed by atoms with Gasteiger partial charge in [0.25, 0.3) is 0 Å². The van der Waals surface area contributed by atoms with Crippen LogP contribution in [0.4, 0.5) is 5.69 Å². The van der Waals surface area contributed by atoms with Crippen LogP contribution >= 0.6 is 11.6 Å². The van der Waals surface area contributed by atoms with Crippen molar-refractivity contribution >= 4 is 17.3 Å². The third kappa shape index (κ3) is 2.13. The first kappa shape index (κ1) is 11.3. The van der Waals surface area contributed by atoms with Gasteiger partial charge in [0.15, 0.2) is 0 Å². The number of nitrogens with zero attached hydrogens (tertiary/aromatic N) is 2. The highest BCUT2D eigenvalue weighted by molar-refractivity contribution is 6.31. The van der Waals surface area contributed by atoms with Crippen molar-refractivity contribution in [3.05, 3.63) is 28.8 Å². The third-order valence-corrected chi connectivity index (χ3v) is 3.17. The van der Waals surface area contributed by atoms with Crippen LogP contribution in [0.5, 0.6) is 0 Å². The predicted molar refractivity (Wildman–Crippen MR) is 63.8 cm³/mol. The van der Waals surface area contributed by atoms with Gasteiger partial charge >= 0.3 is 0 Å². The first-order chi connectivity index (χ1) is 7.72. The number of nitriles is 1. The first-order valence-corrected chi connectivity index (χ1v) is 5.60. The molecule has 0 spiro atoms. The predicted octanol–water partition coefficient (Wildman–Crippen LogP) is 2.38. The van der Waals surface area contributed by atoms with Crippen LogP contribution in [0.3, 0.4) is 0 Å². The number of benzene rings is 1. The number of hydrogen-bond acceptors (Lipinski definition) is 3. The molecule has 1 fully saturated rings. The van der Waals surface area contributed by atoms with Crippen molar-refractivity contribution in [3.63, 3.8) is 0 Å². The Bertz CT molecular complexity index is 428. The number of halogens is 1. The van der Waals surface area contributed by atoms with Crippen LogP contribution in [0.15, 0.2) is 18.2 Å². The Morgan fingerprint density at radius 3 is 3.06 bits per heavy atom. The zero-order chi connectivity index (χ0) is 11.5. The van der Waals surface area contributed by atoms with Crippen molar-refractivity contribution < 1.29 is 4.74 Å². The molecule has 0 bridgehead atoms. The molecule has 1 aromatic carbocycles. The zero-order valence-corrected chi connectivity index (χ0v) is 9.87. The van der Waals surface area contributed by atoms with E-state index < -0.39 is 0 Å². The summed E-state index contributed by atoms with van der Waals surface area (Å²) in [5.41, 5.74) is 2.04. The van der Waals surface area contributed by atoms with Crippen molar-refractivity contribution in [3.8, 4) is 6.07 Å². The van der Waals surface area contributed by atoms with Crippen LogP contribution in [-0.4, -0.2) is 25.8 Å². The maximum Gasteiger partial charge on any atom is 0.140 e. The second kappa shape index (κ2) is 4.73. The quantitative estimate of drug-likeness (QED) is 0.751. The lowest BCUT2D eigenvalue weighted by Crippen LogP contribution is -2.44. The minimum absolute atomic E-state index is 0.215. The van der Waals surface area contributed by atoms with Gasteiger partial charge in [-0.1, -0.05) is 17.7 Å². The third-order valence-electron chi connectivity index (χ3n) is 2.76. The molecule has 0 radical (unpaired) electrons. The van der Waals surface area contributed by atoms with E-state index >= 15 is 0 Å². The summed E-state index contributed by atoms with van der Waals surface area (Å²) in [4.78, 5) is 2.04. The van der Waals surface area contributed by atoms with Crippen LogP contribution in [0.25, 0.3) is 0 Å². The summed E-state index contributed by atoms with van der Waals surface area (Å²) in [5.74, 6) is 0. The van der Waals surface area contributed by atoms with Gasteiger partial charge in [0.1, 0.15) is 6.04 Å². The molecular formula is C12H13ClN2O. The molecule has 1 saturated heterocycles. The lowest BCUT2D eigenvalue weighted by atomic mass is 10.1. The monoisotopic (exact) mass is 236 g/mol. The number of anilines is 1. The topological polar surface area (TPSA) is 36.3 Å². The van der Waals surface area contributed by atoms with Crippen molar-refractivity contribution in [2.75, 3.05) is 24.7 Å². The maximum absolute atomic E-state index is 9.04. The molecule has 1 heterocycles. The smallest absolute Gasteiger partial charge is 0.140 e. The van der Waals surface area contributed by atoms with Crippen LogP contribution < -0.4 is 4.90 Å². The number of hydrogen-bond donors (Lipinski definition) is 0. The highest BCUT2D eigenvalue weighted by Gasteiger charge is 2.22. The average Bonchev–Trinajstić information content (AvgIpc) is 2.32. The van der Waals surface area contributed by atoms with Gasteiger partial charge in [-0.05, 0) is 24.6 Å². The van der Waals surface area contributed by atoms with Gasteiger partial charge in [-0.15, -0.1) is 0 Å². The Morgan fingerprint density at radius 1 is 1.56 bits per heavy atom. The largest absolute Gasteiger partial charge is 0.376 e. The number of rotatable bonds is 1. The molecule has 84 valence electrons. The summed E-state index contributed by atoms with van der Waals surface area (Å²) in [6, 6.07) is 7.91. The molecule has 1 aromatic rings. The maximum atomic E-state index is 9.04. The Morgan fingerprint density at radius 2 is 2.38 bits per heavy atom. The molecule has 0 amide bonds. The number of aryl methyl sites for hydroxylation is 1. The van der Waals surface area contributed by atoms with Crippen molar-refractivity contribution in [2.24, 2.45) is 0 Å². The van der Waals surface area contributed by atoms with E-state index in [-0.39, 0.29) is 6.04 Å². The van der Waals surface area contributed by atoms with Gasteiger partial charge in [-0.2, -0.15) is 5.26 Å². The minimum Gasteiger partial charge on any atom is -0.376 e. The van der Waals surface area contributed by atoms with E-state index in [0.717, 1.165) is 22.8 Å². The lowest BCUT2D eigenvalue weighted by molar-refractivity contribution is 0.107. The fraction of sp³-hybridized carbons (Fsp3) is 0.417. The highest BCUT2D eigenvalue weighted by Crippen LogP contribution is 2.25. The summed E-state index contributed by atoms with van der Waals surface area (Å²) in [6.45, 7) is 3.82. The van der Waals surface area contributed by atoms with Crippen LogP contribution in [0, 0.1) is 18.3 Å². The van der Waals surface area contributed by atoms with Crippen LogP contribution in [0.1, 0.15) is 5.56 Å². The molecule has 0 aliphatic carbocycles. The summed E-state index contributed by atoms with van der Waals surface area (Å²) >= 11 is 6.08. The van der Waals surface area contributed by atoms with Gasteiger partial charge in [0.05, 0.1) is 19.3 Å². The molecular weight excluding hydrogens is 224 g/mol. The Balaban J connectivity index is 2.28. The highest BCUT2D eigenvalue weighted by atomic mass is 35.5. The second-order valence-electron chi connectivity index (χ2n) is 3.85. The standard InChI is InChI=1S/C12H13ClN2O/c1-9-2-3-10(6-12(9)13)15-4-5-16-8-11(15)7-14/h2-3,6,11H,4-5,8H2,1H3. The molecule has 16 heavy (non-hydrogen) atoms. The van der Waals surface area contributed by atoms with Crippen LogP contribution in [0.2, 0.25) is 5.02 Å². The number of morpholine rings is 1. The van der Waals surface area contributed by atoms with E-state index in [4.69, 9.17) is 21.6 Å². The molecule has 1 atom stereocenters. The van der Waals surface area contributed by atoms with Crippen molar-refractivity contribution in [1.82, 2.24) is 0 Å². The van der Waals surface area contributed by atoms with E-state index in [2.05, 4.69) is 6.07 Å². The fourth-order valence-electron chi connectivity index (χ4n) is 1.78. The Hall–Kier alpha value is -1.24. The lowest BCUT2D eigenvalue weighted by Gasteiger charge is -2.33. The van der Waals surface area contributed by atoms with Gasteiger partial charge in [0, 0.05) is 17.3 Å². The van der Waals surface area contributed by atoms with Crippen molar-refractivity contribution in [1.29, 1.82) is 5.26 Å². The Labute approximate surface area is 100 Å². The SMILES string of the molecule is Cc1ccc(N2CCOCC2C#N)cc1Cl. The van der Waals surface area contributed by atoms with Gasteiger partial charge in [0.2, 0.25) is 0 Å². The molecule has 2 rings (SSSR count). The molecule has 0 aromatic heterocycles. The van der Waals surface area contributed by atoms with Crippen LogP contribution in [-0.2, 0) is 4.74 Å². The molecule has 0 saturated carbocycles. The molecule has 4 heteroatoms. The van der Waals surface area contributed by atoms with Gasteiger partial charge in [-0.25, -0.2) is 0 Å². The van der Waals surface area contributed by atoms with E-state index in [1.54, 1.807) is 0 Å². The van der Waals surface area contributed by atoms with Crippen molar-refractivity contribution in [2.45, 2.75) is 13.0 Å². The fourth-order valence-corrected chi connectivity index (χ4v) is 1.95. The van der Waals surface area contributed by atoms with E-state index in [1.165, 1.54) is 0 Å². The van der Waals surface area contributed by atoms with E-state index in [1.807, 2.05) is 30.0 Å². The summed E-state index contributed by atoms with van der Waals surface area (Å²) < 4.78 is 5.28. The number of ether oxygens (including phenoxy) is 1. The molecule has 1 aliphatic rings. The molecule has 3 nitrogen and oxygen atoms in total. The molecule has 0 N–H and O–H groups in total. The van der Waals surface area contributed by atoms with Gasteiger partial charge in [-0.3, -0.25) is 0 Å². The summed E-state index contributed by atoms with van der Waals surface area (Å²) in [5, 5.41) is 9.78. The summed E-state index contributed by atoms with van der Waals surface area (Å²) in [7, 11) is 0.